The van der Waals surface area contributed by atoms with Crippen molar-refractivity contribution in [1.29, 1.82) is 0 Å². The lowest BCUT2D eigenvalue weighted by Gasteiger charge is -2.23. The number of nitrogens with zero attached hydrogens (tertiary/aromatic N) is 7. The van der Waals surface area contributed by atoms with E-state index in [0.717, 1.165) is 0 Å². The molecule has 11 nitrogen and oxygen atoms in total. The number of alkyl halides is 1. The molecule has 3 rings (SSSR count). The minimum atomic E-state index is -2.12. The molecule has 2 aromatic rings. The zero-order valence-electron chi connectivity index (χ0n) is 11.0. The van der Waals surface area contributed by atoms with Crippen LogP contribution in [0.1, 0.15) is 6.23 Å². The number of halogens is 1. The average Bonchev–Trinajstić information content (AvgIpc) is 3.04. The Morgan fingerprint density at radius 3 is 3.00 bits per heavy atom. The van der Waals surface area contributed by atoms with Crippen molar-refractivity contribution in [2.24, 2.45) is 5.11 Å². The van der Waals surface area contributed by atoms with Crippen LogP contribution in [-0.4, -0.2) is 54.3 Å². The van der Waals surface area contributed by atoms with E-state index in [1.54, 1.807) is 0 Å². The number of azide groups is 1. The lowest BCUT2D eigenvalue weighted by Crippen LogP contribution is -2.43. The number of hydrogen-bond donors (Lipinski definition) is 3. The number of fused-ring (bicyclic) bond motifs is 1. The summed E-state index contributed by atoms with van der Waals surface area (Å²) >= 11 is 0. The number of imidazole rings is 1. The maximum absolute atomic E-state index is 14.4. The SMILES string of the molecule is [N-]=[N+]=NC1(CO)OC(n2cnc3c(N)ncnc32)C(F)C1O. The third-order valence-corrected chi connectivity index (χ3v) is 3.46. The molecule has 0 saturated carbocycles. The summed E-state index contributed by atoms with van der Waals surface area (Å²) in [7, 11) is 0. The smallest absolute Gasteiger partial charge is 0.201 e. The molecule has 1 saturated heterocycles. The molecule has 116 valence electrons. The van der Waals surface area contributed by atoms with Gasteiger partial charge in [-0.05, 0) is 5.53 Å². The van der Waals surface area contributed by atoms with E-state index in [1.165, 1.54) is 17.2 Å². The molecule has 1 fully saturated rings. The second-order valence-corrected chi connectivity index (χ2v) is 4.67. The van der Waals surface area contributed by atoms with Crippen LogP contribution in [0.2, 0.25) is 0 Å². The van der Waals surface area contributed by atoms with Gasteiger partial charge in [0.2, 0.25) is 5.72 Å². The van der Waals surface area contributed by atoms with Crippen molar-refractivity contribution in [2.45, 2.75) is 24.2 Å². The van der Waals surface area contributed by atoms with Crippen LogP contribution in [0.5, 0.6) is 0 Å². The molecule has 4 unspecified atom stereocenters. The fourth-order valence-corrected chi connectivity index (χ4v) is 2.34. The summed E-state index contributed by atoms with van der Waals surface area (Å²) in [4.78, 5) is 14.1. The lowest BCUT2D eigenvalue weighted by atomic mass is 10.1. The summed E-state index contributed by atoms with van der Waals surface area (Å²) in [6.07, 6.45) is -2.85. The van der Waals surface area contributed by atoms with Gasteiger partial charge < -0.3 is 20.7 Å². The number of aromatic nitrogens is 4. The van der Waals surface area contributed by atoms with Crippen LogP contribution in [0, 0.1) is 0 Å². The Morgan fingerprint density at radius 1 is 1.55 bits per heavy atom. The second kappa shape index (κ2) is 5.03. The number of nitrogens with two attached hydrogens (primary N) is 1. The van der Waals surface area contributed by atoms with E-state index in [9.17, 15) is 14.6 Å². The van der Waals surface area contributed by atoms with Gasteiger partial charge in [-0.25, -0.2) is 19.3 Å². The Balaban J connectivity index is 2.08. The molecule has 4 atom stereocenters. The Morgan fingerprint density at radius 2 is 2.32 bits per heavy atom. The van der Waals surface area contributed by atoms with Gasteiger partial charge in [-0.3, -0.25) is 4.57 Å². The van der Waals surface area contributed by atoms with Gasteiger partial charge in [-0.2, -0.15) is 0 Å². The monoisotopic (exact) mass is 310 g/mol. The second-order valence-electron chi connectivity index (χ2n) is 4.67. The zero-order valence-corrected chi connectivity index (χ0v) is 11.0. The number of hydrogen-bond acceptors (Lipinski definition) is 8. The maximum atomic E-state index is 14.4. The molecule has 22 heavy (non-hydrogen) atoms. The summed E-state index contributed by atoms with van der Waals surface area (Å²) in [6.45, 7) is -0.890. The van der Waals surface area contributed by atoms with Crippen LogP contribution < -0.4 is 5.73 Å². The highest BCUT2D eigenvalue weighted by atomic mass is 19.1. The largest absolute Gasteiger partial charge is 0.393 e. The van der Waals surface area contributed by atoms with Crippen LogP contribution in [0.25, 0.3) is 21.6 Å². The van der Waals surface area contributed by atoms with Crippen LogP contribution >= 0.6 is 0 Å². The quantitative estimate of drug-likeness (QED) is 0.395. The van der Waals surface area contributed by atoms with Crippen molar-refractivity contribution in [2.75, 3.05) is 12.3 Å². The van der Waals surface area contributed by atoms with Gasteiger partial charge in [0.1, 0.15) is 17.9 Å². The van der Waals surface area contributed by atoms with Crippen molar-refractivity contribution in [3.05, 3.63) is 23.1 Å². The van der Waals surface area contributed by atoms with Gasteiger partial charge in [-0.1, -0.05) is 5.11 Å². The molecule has 0 aromatic carbocycles. The third-order valence-electron chi connectivity index (χ3n) is 3.46. The summed E-state index contributed by atoms with van der Waals surface area (Å²) in [5.41, 5.74) is 12.5. The first-order valence-corrected chi connectivity index (χ1v) is 6.14. The van der Waals surface area contributed by atoms with Crippen LogP contribution in [0.4, 0.5) is 10.2 Å². The maximum Gasteiger partial charge on any atom is 0.201 e. The van der Waals surface area contributed by atoms with E-state index in [-0.39, 0.29) is 17.0 Å². The number of aliphatic hydroxyl groups excluding tert-OH is 2. The zero-order chi connectivity index (χ0) is 15.9. The summed E-state index contributed by atoms with van der Waals surface area (Å²) in [5.74, 6) is 0.0983. The molecule has 0 aliphatic carbocycles. The molecule has 0 amide bonds. The van der Waals surface area contributed by atoms with Gasteiger partial charge in [0.05, 0.1) is 12.9 Å². The van der Waals surface area contributed by atoms with E-state index < -0.39 is 30.8 Å². The first-order valence-electron chi connectivity index (χ1n) is 6.14. The number of rotatable bonds is 3. The van der Waals surface area contributed by atoms with Crippen molar-refractivity contribution in [3.63, 3.8) is 0 Å². The first kappa shape index (κ1) is 14.4. The lowest BCUT2D eigenvalue weighted by molar-refractivity contribution is -0.122. The van der Waals surface area contributed by atoms with Crippen LogP contribution in [0.15, 0.2) is 17.8 Å². The molecule has 1 aliphatic rings. The summed E-state index contributed by atoms with van der Waals surface area (Å²) in [5, 5.41) is 22.4. The van der Waals surface area contributed by atoms with Gasteiger partial charge in [0.25, 0.3) is 0 Å². The van der Waals surface area contributed by atoms with Crippen LogP contribution in [-0.2, 0) is 4.74 Å². The Labute approximate surface area is 121 Å². The molecular weight excluding hydrogens is 299 g/mol. The molecule has 12 heteroatoms. The average molecular weight is 310 g/mol. The van der Waals surface area contributed by atoms with Gasteiger partial charge in [0.15, 0.2) is 23.9 Å². The normalized spacial score (nSPS) is 31.3. The Bertz CT molecular complexity index is 762. The van der Waals surface area contributed by atoms with Crippen molar-refractivity contribution in [3.8, 4) is 0 Å². The Hall–Kier alpha value is -2.53. The van der Waals surface area contributed by atoms with E-state index in [2.05, 4.69) is 25.0 Å². The topological polar surface area (TPSA) is 168 Å². The number of aliphatic hydroxyl groups is 2. The van der Waals surface area contributed by atoms with E-state index in [0.29, 0.717) is 0 Å². The third kappa shape index (κ3) is 1.86. The van der Waals surface area contributed by atoms with Gasteiger partial charge in [0, 0.05) is 4.91 Å². The fourth-order valence-electron chi connectivity index (χ4n) is 2.34. The summed E-state index contributed by atoms with van der Waals surface area (Å²) < 4.78 is 20.9. The standard InChI is InChI=1S/C10H11FN8O3/c11-4-6(21)10(1-20,17-18-13)22-9(4)19-3-16-5-7(12)14-2-15-8(5)19/h2-4,6,9,20-21H,1H2,(H2,12,14,15). The molecule has 0 bridgehead atoms. The highest BCUT2D eigenvalue weighted by molar-refractivity contribution is 5.81. The number of nitrogen functional groups attached to an aromatic ring is 1. The van der Waals surface area contributed by atoms with Crippen LogP contribution in [0.3, 0.4) is 0 Å². The molecule has 0 radical (unpaired) electrons. The molecule has 4 N–H and O–H groups in total. The minimum Gasteiger partial charge on any atom is -0.393 e. The summed E-state index contributed by atoms with van der Waals surface area (Å²) in [6, 6.07) is 0. The highest BCUT2D eigenvalue weighted by Gasteiger charge is 2.56. The highest BCUT2D eigenvalue weighted by Crippen LogP contribution is 2.41. The molecule has 2 aromatic heterocycles. The fraction of sp³-hybridized carbons (Fsp3) is 0.500. The van der Waals surface area contributed by atoms with E-state index in [1.807, 2.05) is 0 Å². The Kier molecular flexibility index (Phi) is 3.30. The molecule has 1 aliphatic heterocycles. The van der Waals surface area contributed by atoms with Crippen molar-refractivity contribution in [1.82, 2.24) is 19.5 Å². The predicted octanol–water partition coefficient (Wildman–Crippen LogP) is -0.365. The molecular formula is C10H11FN8O3. The van der Waals surface area contributed by atoms with E-state index in [4.69, 9.17) is 16.0 Å². The van der Waals surface area contributed by atoms with Crippen molar-refractivity contribution >= 4 is 17.0 Å². The van der Waals surface area contributed by atoms with Gasteiger partial charge in [-0.15, -0.1) is 0 Å². The minimum absolute atomic E-state index is 0.0983. The molecule has 0 spiro atoms. The first-order chi connectivity index (χ1) is 10.5. The van der Waals surface area contributed by atoms with Crippen molar-refractivity contribution < 1.29 is 19.3 Å². The predicted molar refractivity (Wildman–Crippen MR) is 69.7 cm³/mol. The van der Waals surface area contributed by atoms with E-state index >= 15 is 0 Å². The van der Waals surface area contributed by atoms with Gasteiger partial charge >= 0.3 is 0 Å². The molecule has 3 heterocycles. The number of ether oxygens (including phenoxy) is 1. The number of anilines is 1.